The zero-order valence-corrected chi connectivity index (χ0v) is 14.3. The molecule has 0 saturated heterocycles. The lowest BCUT2D eigenvalue weighted by Gasteiger charge is -2.12. The number of benzene rings is 2. The smallest absolute Gasteiger partial charge is 0.257 e. The van der Waals surface area contributed by atoms with Gasteiger partial charge in [0.2, 0.25) is 0 Å². The Bertz CT molecular complexity index is 729. The van der Waals surface area contributed by atoms with Gasteiger partial charge in [-0.2, -0.15) is 0 Å². The highest BCUT2D eigenvalue weighted by Gasteiger charge is 2.09. The van der Waals surface area contributed by atoms with Gasteiger partial charge in [0.15, 0.2) is 5.11 Å². The van der Waals surface area contributed by atoms with Gasteiger partial charge in [0.05, 0.1) is 6.61 Å². The number of thiocarbonyl (C=S) groups is 1. The lowest BCUT2D eigenvalue weighted by Crippen LogP contribution is -2.34. The molecule has 5 heteroatoms. The van der Waals surface area contributed by atoms with Crippen molar-refractivity contribution in [3.05, 3.63) is 59.2 Å². The fraction of sp³-hybridized carbons (Fsp3) is 0.222. The van der Waals surface area contributed by atoms with Crippen LogP contribution in [0.15, 0.2) is 42.5 Å². The number of ether oxygens (including phenoxy) is 1. The second kappa shape index (κ2) is 7.74. The van der Waals surface area contributed by atoms with Crippen LogP contribution in [0.5, 0.6) is 5.75 Å². The van der Waals surface area contributed by atoms with E-state index >= 15 is 0 Å². The van der Waals surface area contributed by atoms with Crippen molar-refractivity contribution in [1.29, 1.82) is 0 Å². The number of nitrogens with one attached hydrogen (secondary N) is 2. The highest BCUT2D eigenvalue weighted by Crippen LogP contribution is 2.16. The van der Waals surface area contributed by atoms with Crippen molar-refractivity contribution < 1.29 is 9.53 Å². The quantitative estimate of drug-likeness (QED) is 0.838. The largest absolute Gasteiger partial charge is 0.494 e. The molecule has 1 amide bonds. The second-order valence-electron chi connectivity index (χ2n) is 5.19. The lowest BCUT2D eigenvalue weighted by atomic mass is 10.1. The van der Waals surface area contributed by atoms with Crippen LogP contribution >= 0.6 is 12.2 Å². The highest BCUT2D eigenvalue weighted by molar-refractivity contribution is 7.80. The molecule has 0 bridgehead atoms. The molecular formula is C18H20N2O2S. The first-order valence-corrected chi connectivity index (χ1v) is 7.83. The standard InChI is InChI=1S/C18H20N2O2S/c1-4-22-15-7-5-6-14(11-15)17(21)20-18(23)19-16-9-8-12(2)10-13(16)3/h5-11H,4H2,1-3H3,(H2,19,20,21,23). The Morgan fingerprint density at radius 3 is 2.65 bits per heavy atom. The van der Waals surface area contributed by atoms with Crippen molar-refractivity contribution in [2.45, 2.75) is 20.8 Å². The topological polar surface area (TPSA) is 50.4 Å². The summed E-state index contributed by atoms with van der Waals surface area (Å²) in [7, 11) is 0. The number of carbonyl (C=O) groups is 1. The van der Waals surface area contributed by atoms with E-state index in [0.29, 0.717) is 17.9 Å². The summed E-state index contributed by atoms with van der Waals surface area (Å²) >= 11 is 5.21. The molecule has 2 N–H and O–H groups in total. The number of hydrogen-bond acceptors (Lipinski definition) is 3. The van der Waals surface area contributed by atoms with Crippen LogP contribution in [0.3, 0.4) is 0 Å². The van der Waals surface area contributed by atoms with E-state index in [-0.39, 0.29) is 11.0 Å². The first-order valence-electron chi connectivity index (χ1n) is 7.42. The second-order valence-corrected chi connectivity index (χ2v) is 5.60. The van der Waals surface area contributed by atoms with Crippen molar-refractivity contribution in [3.63, 3.8) is 0 Å². The van der Waals surface area contributed by atoms with Crippen LogP contribution in [0.25, 0.3) is 0 Å². The maximum absolute atomic E-state index is 12.2. The van der Waals surface area contributed by atoms with Gasteiger partial charge in [-0.15, -0.1) is 0 Å². The lowest BCUT2D eigenvalue weighted by molar-refractivity contribution is 0.0977. The molecule has 2 aromatic rings. The molecule has 23 heavy (non-hydrogen) atoms. The number of carbonyl (C=O) groups excluding carboxylic acids is 1. The Labute approximate surface area is 141 Å². The minimum Gasteiger partial charge on any atom is -0.494 e. The normalized spacial score (nSPS) is 10.0. The number of amides is 1. The third-order valence-electron chi connectivity index (χ3n) is 3.26. The van der Waals surface area contributed by atoms with Crippen molar-refractivity contribution in [2.75, 3.05) is 11.9 Å². The monoisotopic (exact) mass is 328 g/mol. The van der Waals surface area contributed by atoms with Crippen LogP contribution in [0.2, 0.25) is 0 Å². The zero-order chi connectivity index (χ0) is 16.8. The van der Waals surface area contributed by atoms with Gasteiger partial charge in [0.25, 0.3) is 5.91 Å². The molecule has 0 spiro atoms. The minimum atomic E-state index is -0.270. The van der Waals surface area contributed by atoms with Crippen molar-refractivity contribution in [2.24, 2.45) is 0 Å². The molecule has 0 aliphatic rings. The van der Waals surface area contributed by atoms with Gasteiger partial charge < -0.3 is 10.1 Å². The Morgan fingerprint density at radius 1 is 1.17 bits per heavy atom. The van der Waals surface area contributed by atoms with Crippen LogP contribution in [0, 0.1) is 13.8 Å². The predicted octanol–water partition coefficient (Wildman–Crippen LogP) is 3.83. The molecule has 0 fully saturated rings. The molecule has 0 aliphatic carbocycles. The van der Waals surface area contributed by atoms with E-state index in [4.69, 9.17) is 17.0 Å². The van der Waals surface area contributed by atoms with Crippen LogP contribution in [-0.4, -0.2) is 17.6 Å². The van der Waals surface area contributed by atoms with E-state index in [1.165, 1.54) is 5.56 Å². The fourth-order valence-electron chi connectivity index (χ4n) is 2.18. The van der Waals surface area contributed by atoms with Gasteiger partial charge >= 0.3 is 0 Å². The summed E-state index contributed by atoms with van der Waals surface area (Å²) in [6.07, 6.45) is 0. The zero-order valence-electron chi connectivity index (χ0n) is 13.5. The van der Waals surface area contributed by atoms with E-state index in [1.807, 2.05) is 39.0 Å². The number of anilines is 1. The molecule has 4 nitrogen and oxygen atoms in total. The average molecular weight is 328 g/mol. The van der Waals surface area contributed by atoms with Crippen LogP contribution in [-0.2, 0) is 0 Å². The third-order valence-corrected chi connectivity index (χ3v) is 3.47. The van der Waals surface area contributed by atoms with Gasteiger partial charge in [0.1, 0.15) is 5.75 Å². The van der Waals surface area contributed by atoms with E-state index < -0.39 is 0 Å². The molecule has 2 rings (SSSR count). The fourth-order valence-corrected chi connectivity index (χ4v) is 2.38. The van der Waals surface area contributed by atoms with Crippen molar-refractivity contribution >= 4 is 28.9 Å². The molecule has 2 aromatic carbocycles. The number of rotatable bonds is 4. The molecule has 0 heterocycles. The van der Waals surface area contributed by atoms with Gasteiger partial charge in [-0.3, -0.25) is 10.1 Å². The summed E-state index contributed by atoms with van der Waals surface area (Å²) in [4.78, 5) is 12.2. The molecule has 0 unspecified atom stereocenters. The van der Waals surface area contributed by atoms with Crippen molar-refractivity contribution in [3.8, 4) is 5.75 Å². The Hall–Kier alpha value is -2.40. The summed E-state index contributed by atoms with van der Waals surface area (Å²) in [6.45, 7) is 6.47. The predicted molar refractivity (Wildman–Crippen MR) is 97.2 cm³/mol. The van der Waals surface area contributed by atoms with Gasteiger partial charge in [-0.25, -0.2) is 0 Å². The van der Waals surface area contributed by atoms with E-state index in [9.17, 15) is 4.79 Å². The Kier molecular flexibility index (Phi) is 5.71. The van der Waals surface area contributed by atoms with E-state index in [1.54, 1.807) is 18.2 Å². The molecule has 0 radical (unpaired) electrons. The Morgan fingerprint density at radius 2 is 1.96 bits per heavy atom. The van der Waals surface area contributed by atoms with E-state index in [2.05, 4.69) is 16.7 Å². The minimum absolute atomic E-state index is 0.267. The molecule has 0 atom stereocenters. The SMILES string of the molecule is CCOc1cccc(C(=O)NC(=S)Nc2ccc(C)cc2C)c1. The molecular weight excluding hydrogens is 308 g/mol. The van der Waals surface area contributed by atoms with Gasteiger partial charge in [0, 0.05) is 11.3 Å². The molecule has 0 aromatic heterocycles. The number of hydrogen-bond donors (Lipinski definition) is 2. The average Bonchev–Trinajstić information content (AvgIpc) is 2.51. The number of aryl methyl sites for hydroxylation is 2. The summed E-state index contributed by atoms with van der Waals surface area (Å²) in [5, 5.41) is 6.00. The maximum Gasteiger partial charge on any atom is 0.257 e. The summed E-state index contributed by atoms with van der Waals surface area (Å²) < 4.78 is 5.40. The summed E-state index contributed by atoms with van der Waals surface area (Å²) in [6, 6.07) is 13.0. The van der Waals surface area contributed by atoms with Gasteiger partial charge in [-0.1, -0.05) is 23.8 Å². The van der Waals surface area contributed by atoms with Crippen molar-refractivity contribution in [1.82, 2.24) is 5.32 Å². The highest BCUT2D eigenvalue weighted by atomic mass is 32.1. The molecule has 0 saturated carbocycles. The summed E-state index contributed by atoms with van der Waals surface area (Å²) in [5.41, 5.74) is 3.63. The third kappa shape index (κ3) is 4.79. The molecule has 120 valence electrons. The van der Waals surface area contributed by atoms with Crippen LogP contribution in [0.4, 0.5) is 5.69 Å². The summed E-state index contributed by atoms with van der Waals surface area (Å²) in [5.74, 6) is 0.391. The van der Waals surface area contributed by atoms with E-state index in [0.717, 1.165) is 11.3 Å². The first kappa shape index (κ1) is 17.0. The van der Waals surface area contributed by atoms with Crippen LogP contribution in [0.1, 0.15) is 28.4 Å². The first-order chi connectivity index (χ1) is 11.0. The Balaban J connectivity index is 2.02. The maximum atomic E-state index is 12.2. The van der Waals surface area contributed by atoms with Gasteiger partial charge in [-0.05, 0) is 62.8 Å². The molecule has 0 aliphatic heterocycles. The van der Waals surface area contributed by atoms with Crippen LogP contribution < -0.4 is 15.4 Å².